The zero-order valence-corrected chi connectivity index (χ0v) is 23.8. The molecule has 4 N–H and O–H groups in total. The third-order valence-corrected chi connectivity index (χ3v) is 7.17. The smallest absolute Gasteiger partial charge is 0.328 e. The first-order valence-electron chi connectivity index (χ1n) is 12.4. The lowest BCUT2D eigenvalue weighted by Gasteiger charge is -2.31. The van der Waals surface area contributed by atoms with Crippen LogP contribution in [0.25, 0.3) is 5.57 Å². The number of thioether (sulfide) groups is 1. The van der Waals surface area contributed by atoms with Crippen molar-refractivity contribution >= 4 is 52.8 Å². The van der Waals surface area contributed by atoms with Gasteiger partial charge < -0.3 is 25.3 Å². The van der Waals surface area contributed by atoms with E-state index >= 15 is 0 Å². The minimum Gasteiger partial charge on any atom is -0.478 e. The summed E-state index contributed by atoms with van der Waals surface area (Å²) in [6.45, 7) is 5.57. The summed E-state index contributed by atoms with van der Waals surface area (Å²) in [5, 5.41) is 32.1. The number of aliphatic carboxylic acids is 4. The highest BCUT2D eigenvalue weighted by Gasteiger charge is 2.19. The van der Waals surface area contributed by atoms with Crippen LogP contribution in [0.1, 0.15) is 16.7 Å². The maximum absolute atomic E-state index is 9.55. The minimum atomic E-state index is -1.26. The summed E-state index contributed by atoms with van der Waals surface area (Å²) in [5.74, 6) is -4.02. The lowest BCUT2D eigenvalue weighted by Crippen LogP contribution is -2.44. The van der Waals surface area contributed by atoms with E-state index in [4.69, 9.17) is 32.0 Å². The van der Waals surface area contributed by atoms with Gasteiger partial charge in [-0.1, -0.05) is 41.9 Å². The van der Waals surface area contributed by atoms with Crippen molar-refractivity contribution in [3.63, 3.8) is 0 Å². The standard InChI is InChI=1S/C21H23ClN2S.2C4H4O4/c1-23-10-12-24(13-11-23)9-8-19-18-5-3-2-4-16(18)15-25-21-7-6-17(22)14-20(19)21;2*5-3(6)1-2-4(7)8/h2-8,14H,9-13,15H2,1H3;2*1-2H,(H,5,6)(H,7,8)/b19-8-;2*2-1-. The fraction of sp³-hybridized carbons (Fsp3) is 0.241. The van der Waals surface area contributed by atoms with Gasteiger partial charge in [-0.2, -0.15) is 0 Å². The van der Waals surface area contributed by atoms with E-state index in [2.05, 4.69) is 59.3 Å². The predicted octanol–water partition coefficient (Wildman–Crippen LogP) is 4.05. The number of hydrogen-bond donors (Lipinski definition) is 4. The Hall–Kier alpha value is -3.90. The van der Waals surface area contributed by atoms with E-state index < -0.39 is 23.9 Å². The molecule has 1 fully saturated rings. The van der Waals surface area contributed by atoms with Crippen molar-refractivity contribution in [3.8, 4) is 0 Å². The molecule has 2 heterocycles. The molecule has 0 bridgehead atoms. The second-order valence-corrected chi connectivity index (χ2v) is 10.3. The van der Waals surface area contributed by atoms with Crippen LogP contribution >= 0.6 is 23.4 Å². The van der Waals surface area contributed by atoms with Crippen LogP contribution in [0.3, 0.4) is 0 Å². The van der Waals surface area contributed by atoms with Crippen molar-refractivity contribution in [2.45, 2.75) is 10.6 Å². The quantitative estimate of drug-likeness (QED) is 0.354. The largest absolute Gasteiger partial charge is 0.478 e. The number of carbonyl (C=O) groups is 4. The van der Waals surface area contributed by atoms with Crippen LogP contribution in [0.5, 0.6) is 0 Å². The van der Waals surface area contributed by atoms with Gasteiger partial charge in [0.05, 0.1) is 0 Å². The minimum absolute atomic E-state index is 0.558. The average molecular weight is 603 g/mol. The van der Waals surface area contributed by atoms with Gasteiger partial charge in [0.2, 0.25) is 0 Å². The molecule has 0 spiro atoms. The van der Waals surface area contributed by atoms with Gasteiger partial charge in [0.1, 0.15) is 0 Å². The normalized spacial score (nSPS) is 16.0. The summed E-state index contributed by atoms with van der Waals surface area (Å²) in [4.78, 5) is 44.5. The van der Waals surface area contributed by atoms with Crippen molar-refractivity contribution in [2.24, 2.45) is 0 Å². The molecule has 0 unspecified atom stereocenters. The number of hydrogen-bond acceptors (Lipinski definition) is 7. The van der Waals surface area contributed by atoms with E-state index in [-0.39, 0.29) is 0 Å². The van der Waals surface area contributed by atoms with Crippen LogP contribution in [0.4, 0.5) is 0 Å². The fourth-order valence-electron chi connectivity index (χ4n) is 3.80. The van der Waals surface area contributed by atoms with Gasteiger partial charge in [0.15, 0.2) is 0 Å². The van der Waals surface area contributed by atoms with Gasteiger partial charge in [0.25, 0.3) is 0 Å². The predicted molar refractivity (Wildman–Crippen MR) is 157 cm³/mol. The van der Waals surface area contributed by atoms with Gasteiger partial charge in [-0.25, -0.2) is 19.2 Å². The van der Waals surface area contributed by atoms with Crippen LogP contribution in [0, 0.1) is 0 Å². The molecular formula is C29H31ClN2O8S. The molecule has 0 radical (unpaired) electrons. The first-order valence-corrected chi connectivity index (χ1v) is 13.7. The number of benzene rings is 2. The molecule has 41 heavy (non-hydrogen) atoms. The number of fused-ring (bicyclic) bond motifs is 2. The monoisotopic (exact) mass is 602 g/mol. The molecule has 0 atom stereocenters. The molecule has 4 rings (SSSR count). The first kappa shape index (κ1) is 33.3. The molecule has 2 aromatic rings. The maximum Gasteiger partial charge on any atom is 0.328 e. The van der Waals surface area contributed by atoms with Gasteiger partial charge in [-0.15, -0.1) is 11.8 Å². The summed E-state index contributed by atoms with van der Waals surface area (Å²) in [6, 6.07) is 15.1. The highest BCUT2D eigenvalue weighted by Crippen LogP contribution is 2.41. The highest BCUT2D eigenvalue weighted by molar-refractivity contribution is 7.98. The zero-order chi connectivity index (χ0) is 30.4. The molecule has 2 aliphatic rings. The van der Waals surface area contributed by atoms with E-state index in [1.807, 2.05) is 17.8 Å². The number of likely N-dealkylation sites (N-methyl/N-ethyl adjacent to an activating group) is 1. The van der Waals surface area contributed by atoms with Gasteiger partial charge in [-0.05, 0) is 47.5 Å². The number of halogens is 1. The Morgan fingerprint density at radius 3 is 1.88 bits per heavy atom. The Labute approximate surface area is 246 Å². The zero-order valence-electron chi connectivity index (χ0n) is 22.3. The summed E-state index contributed by atoms with van der Waals surface area (Å²) < 4.78 is 0. The Morgan fingerprint density at radius 2 is 1.34 bits per heavy atom. The number of carboxylic acid groups (broad SMARTS) is 4. The summed E-state index contributed by atoms with van der Waals surface area (Å²) in [6.07, 6.45) is 4.64. The summed E-state index contributed by atoms with van der Waals surface area (Å²) in [7, 11) is 2.20. The molecule has 0 aliphatic carbocycles. The Morgan fingerprint density at radius 1 is 0.805 bits per heavy atom. The van der Waals surface area contributed by atoms with Crippen LogP contribution < -0.4 is 0 Å². The number of rotatable bonds is 6. The molecule has 12 heteroatoms. The molecule has 10 nitrogen and oxygen atoms in total. The second kappa shape index (κ2) is 17.0. The van der Waals surface area contributed by atoms with Crippen molar-refractivity contribution in [3.05, 3.63) is 94.6 Å². The van der Waals surface area contributed by atoms with E-state index in [9.17, 15) is 19.2 Å². The molecule has 1 saturated heterocycles. The van der Waals surface area contributed by atoms with Gasteiger partial charge in [0, 0.05) is 72.7 Å². The average Bonchev–Trinajstić information content (AvgIpc) is 3.07. The Kier molecular flexibility index (Phi) is 13.8. The van der Waals surface area contributed by atoms with E-state index in [0.29, 0.717) is 24.3 Å². The van der Waals surface area contributed by atoms with Crippen molar-refractivity contribution in [1.82, 2.24) is 9.80 Å². The third-order valence-electron chi connectivity index (χ3n) is 5.81. The van der Waals surface area contributed by atoms with Gasteiger partial charge >= 0.3 is 23.9 Å². The molecule has 0 amide bonds. The summed E-state index contributed by atoms with van der Waals surface area (Å²) in [5.41, 5.74) is 5.36. The number of nitrogens with zero attached hydrogens (tertiary/aromatic N) is 2. The molecule has 2 aromatic carbocycles. The van der Waals surface area contributed by atoms with E-state index in [0.717, 1.165) is 43.5 Å². The molecule has 0 aromatic heterocycles. The topological polar surface area (TPSA) is 156 Å². The number of carboxylic acids is 4. The SMILES string of the molecule is CN1CCN(C/C=C2/c3ccccc3CSc3ccc(Cl)cc32)CC1.O=C(O)/C=C\C(=O)O.O=C(O)/C=C\C(=O)O. The molecule has 218 valence electrons. The lowest BCUT2D eigenvalue weighted by molar-refractivity contribution is -0.134. The van der Waals surface area contributed by atoms with Crippen molar-refractivity contribution < 1.29 is 39.6 Å². The summed E-state index contributed by atoms with van der Waals surface area (Å²) >= 11 is 8.24. The second-order valence-electron chi connectivity index (χ2n) is 8.83. The van der Waals surface area contributed by atoms with E-state index in [1.54, 1.807) is 0 Å². The fourth-order valence-corrected chi connectivity index (χ4v) is 5.03. The molecule has 0 saturated carbocycles. The molecule has 2 aliphatic heterocycles. The van der Waals surface area contributed by atoms with E-state index in [1.165, 1.54) is 27.2 Å². The van der Waals surface area contributed by atoms with Crippen LogP contribution in [-0.4, -0.2) is 93.9 Å². The highest BCUT2D eigenvalue weighted by atomic mass is 35.5. The third kappa shape index (κ3) is 12.4. The first-order chi connectivity index (χ1) is 19.5. The van der Waals surface area contributed by atoms with Crippen molar-refractivity contribution in [2.75, 3.05) is 39.8 Å². The van der Waals surface area contributed by atoms with Gasteiger partial charge in [-0.3, -0.25) is 4.90 Å². The van der Waals surface area contributed by atoms with Crippen LogP contribution in [-0.2, 0) is 24.9 Å². The van der Waals surface area contributed by atoms with Crippen molar-refractivity contribution in [1.29, 1.82) is 0 Å². The lowest BCUT2D eigenvalue weighted by atomic mass is 9.94. The maximum atomic E-state index is 9.55. The van der Waals surface area contributed by atoms with Crippen LogP contribution in [0.15, 0.2) is 77.7 Å². The Balaban J connectivity index is 0.000000304. The number of piperazine rings is 1. The molecular weight excluding hydrogens is 572 g/mol. The Bertz CT molecular complexity index is 1270. The van der Waals surface area contributed by atoms with Crippen LogP contribution in [0.2, 0.25) is 5.02 Å².